The second kappa shape index (κ2) is 9.98. The van der Waals surface area contributed by atoms with Gasteiger partial charge in [0.05, 0.1) is 25.5 Å². The van der Waals surface area contributed by atoms with Gasteiger partial charge in [0.1, 0.15) is 18.1 Å². The molecule has 0 saturated carbocycles. The second-order valence-electron chi connectivity index (χ2n) is 6.85. The smallest absolute Gasteiger partial charge is 0.161 e. The van der Waals surface area contributed by atoms with Crippen molar-refractivity contribution in [3.63, 3.8) is 0 Å². The largest absolute Gasteiger partial charge is 0.497 e. The Kier molecular flexibility index (Phi) is 7.14. The van der Waals surface area contributed by atoms with Crippen LogP contribution in [-0.4, -0.2) is 25.9 Å². The molecule has 0 bridgehead atoms. The molecule has 0 aliphatic carbocycles. The topological polar surface area (TPSA) is 65.8 Å². The molecule has 0 unspecified atom stereocenters. The number of aryl methyl sites for hydroxylation is 2. The van der Waals surface area contributed by atoms with Crippen molar-refractivity contribution >= 4 is 0 Å². The zero-order valence-electron chi connectivity index (χ0n) is 17.5. The summed E-state index contributed by atoms with van der Waals surface area (Å²) in [7, 11) is 3.33. The van der Waals surface area contributed by atoms with Gasteiger partial charge in [0.2, 0.25) is 0 Å². The molecule has 0 amide bonds. The van der Waals surface area contributed by atoms with Crippen LogP contribution in [0.4, 0.5) is 0 Å². The second-order valence-corrected chi connectivity index (χ2v) is 6.85. The van der Waals surface area contributed by atoms with E-state index in [0.29, 0.717) is 18.1 Å². The number of nitrogens with zero attached hydrogens (tertiary/aromatic N) is 1. The molecule has 0 fully saturated rings. The normalized spacial score (nSPS) is 10.8. The average Bonchev–Trinajstić information content (AvgIpc) is 3.07. The summed E-state index contributed by atoms with van der Waals surface area (Å²) in [4.78, 5) is 0. The molecule has 3 aromatic rings. The van der Waals surface area contributed by atoms with Gasteiger partial charge in [-0.2, -0.15) is 0 Å². The summed E-state index contributed by atoms with van der Waals surface area (Å²) in [6.45, 7) is 5.84. The van der Waals surface area contributed by atoms with Crippen molar-refractivity contribution in [3.05, 3.63) is 70.6 Å². The molecular formula is C23H28N2O4. The molecule has 29 heavy (non-hydrogen) atoms. The van der Waals surface area contributed by atoms with Crippen molar-refractivity contribution in [2.24, 2.45) is 0 Å². The van der Waals surface area contributed by atoms with E-state index in [9.17, 15) is 0 Å². The Morgan fingerprint density at radius 3 is 2.34 bits per heavy atom. The van der Waals surface area contributed by atoms with E-state index in [0.717, 1.165) is 47.8 Å². The maximum atomic E-state index is 5.94. The van der Waals surface area contributed by atoms with Gasteiger partial charge in [-0.15, -0.1) is 0 Å². The first kappa shape index (κ1) is 20.7. The van der Waals surface area contributed by atoms with Crippen LogP contribution in [0.25, 0.3) is 0 Å². The maximum absolute atomic E-state index is 5.94. The Labute approximate surface area is 171 Å². The number of nitrogens with one attached hydrogen (secondary N) is 1. The molecule has 3 rings (SSSR count). The number of hydrogen-bond acceptors (Lipinski definition) is 6. The lowest BCUT2D eigenvalue weighted by molar-refractivity contribution is 0.281. The van der Waals surface area contributed by atoms with Crippen LogP contribution in [0.1, 0.15) is 28.1 Å². The molecule has 6 nitrogen and oxygen atoms in total. The predicted molar refractivity (Wildman–Crippen MR) is 112 cm³/mol. The van der Waals surface area contributed by atoms with E-state index in [4.69, 9.17) is 18.7 Å². The predicted octanol–water partition coefficient (Wildman–Crippen LogP) is 4.22. The summed E-state index contributed by atoms with van der Waals surface area (Å²) in [5.74, 6) is 3.07. The van der Waals surface area contributed by atoms with Gasteiger partial charge >= 0.3 is 0 Å². The highest BCUT2D eigenvalue weighted by atomic mass is 16.5. The van der Waals surface area contributed by atoms with Crippen molar-refractivity contribution in [2.45, 2.75) is 33.4 Å². The fourth-order valence-electron chi connectivity index (χ4n) is 3.06. The van der Waals surface area contributed by atoms with E-state index in [2.05, 4.69) is 22.6 Å². The molecule has 1 N–H and O–H groups in total. The summed E-state index contributed by atoms with van der Waals surface area (Å²) >= 11 is 0. The van der Waals surface area contributed by atoms with Crippen LogP contribution in [-0.2, 0) is 19.6 Å². The third-order valence-corrected chi connectivity index (χ3v) is 4.86. The Hall–Kier alpha value is -2.99. The van der Waals surface area contributed by atoms with Gasteiger partial charge in [-0.1, -0.05) is 23.4 Å². The minimum atomic E-state index is 0.400. The molecular weight excluding hydrogens is 368 g/mol. The fraction of sp³-hybridized carbons (Fsp3) is 0.348. The summed E-state index contributed by atoms with van der Waals surface area (Å²) in [6, 6.07) is 14.2. The first-order valence-electron chi connectivity index (χ1n) is 9.66. The molecule has 154 valence electrons. The van der Waals surface area contributed by atoms with Crippen LogP contribution in [0.5, 0.6) is 17.2 Å². The van der Waals surface area contributed by atoms with Crippen LogP contribution >= 0.6 is 0 Å². The number of benzene rings is 2. The Morgan fingerprint density at radius 2 is 1.69 bits per heavy atom. The molecule has 2 aromatic carbocycles. The number of rotatable bonds is 10. The summed E-state index contributed by atoms with van der Waals surface area (Å²) in [5.41, 5.74) is 4.23. The minimum absolute atomic E-state index is 0.400. The monoisotopic (exact) mass is 396 g/mol. The third kappa shape index (κ3) is 5.51. The molecule has 6 heteroatoms. The Morgan fingerprint density at radius 1 is 0.931 bits per heavy atom. The Bertz CT molecular complexity index is 900. The van der Waals surface area contributed by atoms with Gasteiger partial charge in [-0.3, -0.25) is 0 Å². The number of hydrogen-bond donors (Lipinski definition) is 1. The number of ether oxygens (including phenoxy) is 3. The van der Waals surface area contributed by atoms with Crippen molar-refractivity contribution in [1.29, 1.82) is 0 Å². The van der Waals surface area contributed by atoms with E-state index in [-0.39, 0.29) is 0 Å². The quantitative estimate of drug-likeness (QED) is 0.518. The third-order valence-electron chi connectivity index (χ3n) is 4.86. The average molecular weight is 396 g/mol. The lowest BCUT2D eigenvalue weighted by Gasteiger charge is -2.13. The minimum Gasteiger partial charge on any atom is -0.497 e. The highest BCUT2D eigenvalue weighted by Crippen LogP contribution is 2.29. The molecule has 0 saturated heterocycles. The van der Waals surface area contributed by atoms with E-state index in [1.807, 2.05) is 44.2 Å². The zero-order chi connectivity index (χ0) is 20.6. The first-order chi connectivity index (χ1) is 14.1. The van der Waals surface area contributed by atoms with Crippen LogP contribution in [0.3, 0.4) is 0 Å². The molecule has 0 aliphatic heterocycles. The first-order valence-corrected chi connectivity index (χ1v) is 9.66. The van der Waals surface area contributed by atoms with Crippen LogP contribution in [0.15, 0.2) is 47.0 Å². The number of aromatic nitrogens is 1. The van der Waals surface area contributed by atoms with E-state index in [1.54, 1.807) is 14.2 Å². The van der Waals surface area contributed by atoms with Crippen molar-refractivity contribution in [1.82, 2.24) is 10.5 Å². The standard InChI is InChI=1S/C23H28N2O4/c1-16-21(17(2)29-25-16)15-28-22-10-7-19(13-23(22)27-4)14-24-12-11-18-5-8-20(26-3)9-6-18/h5-10,13,24H,11-12,14-15H2,1-4H3. The van der Waals surface area contributed by atoms with Crippen LogP contribution < -0.4 is 19.5 Å². The van der Waals surface area contributed by atoms with Gasteiger partial charge < -0.3 is 24.1 Å². The SMILES string of the molecule is COc1ccc(CCNCc2ccc(OCc3c(C)noc3C)c(OC)c2)cc1. The van der Waals surface area contributed by atoms with E-state index in [1.165, 1.54) is 5.56 Å². The van der Waals surface area contributed by atoms with Crippen LogP contribution in [0.2, 0.25) is 0 Å². The summed E-state index contributed by atoms with van der Waals surface area (Å²) in [6.07, 6.45) is 0.958. The van der Waals surface area contributed by atoms with E-state index < -0.39 is 0 Å². The van der Waals surface area contributed by atoms with Crippen molar-refractivity contribution in [2.75, 3.05) is 20.8 Å². The molecule has 0 aliphatic rings. The zero-order valence-corrected chi connectivity index (χ0v) is 17.5. The van der Waals surface area contributed by atoms with Gasteiger partial charge in [0, 0.05) is 6.54 Å². The van der Waals surface area contributed by atoms with E-state index >= 15 is 0 Å². The molecule has 0 spiro atoms. The molecule has 0 radical (unpaired) electrons. The van der Waals surface area contributed by atoms with Crippen molar-refractivity contribution < 1.29 is 18.7 Å². The number of methoxy groups -OCH3 is 2. The van der Waals surface area contributed by atoms with Crippen LogP contribution in [0, 0.1) is 13.8 Å². The highest BCUT2D eigenvalue weighted by molar-refractivity contribution is 5.43. The molecule has 0 atom stereocenters. The molecule has 1 aromatic heterocycles. The Balaban J connectivity index is 1.51. The maximum Gasteiger partial charge on any atom is 0.161 e. The molecule has 1 heterocycles. The van der Waals surface area contributed by atoms with Gasteiger partial charge in [0.15, 0.2) is 11.5 Å². The van der Waals surface area contributed by atoms with Gasteiger partial charge in [-0.05, 0) is 62.2 Å². The summed E-state index contributed by atoms with van der Waals surface area (Å²) in [5, 5.41) is 7.43. The lowest BCUT2D eigenvalue weighted by atomic mass is 10.1. The summed E-state index contributed by atoms with van der Waals surface area (Å²) < 4.78 is 21.8. The lowest BCUT2D eigenvalue weighted by Crippen LogP contribution is -2.16. The highest BCUT2D eigenvalue weighted by Gasteiger charge is 2.12. The van der Waals surface area contributed by atoms with Gasteiger partial charge in [0.25, 0.3) is 0 Å². The van der Waals surface area contributed by atoms with Crippen molar-refractivity contribution in [3.8, 4) is 17.2 Å². The fourth-order valence-corrected chi connectivity index (χ4v) is 3.06. The van der Waals surface area contributed by atoms with Gasteiger partial charge in [-0.25, -0.2) is 0 Å².